The number of hydrogen-bond donors (Lipinski definition) is 0. The fourth-order valence-corrected chi connectivity index (χ4v) is 4.05. The smallest absolute Gasteiger partial charge is 0.0650 e. The first-order valence-corrected chi connectivity index (χ1v) is 10.9. The molecule has 0 aromatic heterocycles. The lowest BCUT2D eigenvalue weighted by molar-refractivity contribution is 0.417. The maximum Gasteiger partial charge on any atom is 0.0650 e. The average Bonchev–Trinajstić information content (AvgIpc) is 3.16. The van der Waals surface area contributed by atoms with Crippen LogP contribution < -0.4 is 0 Å². The van der Waals surface area contributed by atoms with Crippen LogP contribution in [0.5, 0.6) is 0 Å². The van der Waals surface area contributed by atoms with E-state index < -0.39 is 0 Å². The monoisotopic (exact) mass is 411 g/mol. The lowest BCUT2D eigenvalue weighted by Crippen LogP contribution is -2.28. The van der Waals surface area contributed by atoms with Crippen molar-refractivity contribution in [2.75, 3.05) is 13.6 Å². The van der Waals surface area contributed by atoms with E-state index in [4.69, 9.17) is 4.99 Å². The number of aliphatic imine (C=N–C) groups is 1. The Morgan fingerprint density at radius 3 is 2.65 bits per heavy atom. The van der Waals surface area contributed by atoms with Gasteiger partial charge in [-0.1, -0.05) is 62.6 Å². The number of hydrogen-bond acceptors (Lipinski definition) is 3. The van der Waals surface area contributed by atoms with Gasteiger partial charge in [-0.05, 0) is 49.6 Å². The first-order chi connectivity index (χ1) is 15.0. The normalized spacial score (nSPS) is 17.2. The second-order valence-corrected chi connectivity index (χ2v) is 7.79. The van der Waals surface area contributed by atoms with E-state index in [2.05, 4.69) is 92.5 Å². The highest BCUT2D eigenvalue weighted by molar-refractivity contribution is 6.05. The molecule has 0 atom stereocenters. The Kier molecular flexibility index (Phi) is 7.30. The topological polar surface area (TPSA) is 18.8 Å². The van der Waals surface area contributed by atoms with Crippen molar-refractivity contribution in [3.05, 3.63) is 119 Å². The summed E-state index contributed by atoms with van der Waals surface area (Å²) in [6, 6.07) is 10.5. The molecule has 0 amide bonds. The maximum absolute atomic E-state index is 4.72. The molecule has 0 aliphatic carbocycles. The summed E-state index contributed by atoms with van der Waals surface area (Å²) in [7, 11) is 2.08. The minimum absolute atomic E-state index is 0.767. The van der Waals surface area contributed by atoms with E-state index in [1.54, 1.807) is 0 Å². The van der Waals surface area contributed by atoms with E-state index in [9.17, 15) is 0 Å². The zero-order chi connectivity index (χ0) is 22.4. The SMILES string of the molecule is C=C/C=C(\C=C/C)N(C)C1=CC(C2=C(CC)CN=C2C)=CN(Cc2ccccc2)C1=C. The van der Waals surface area contributed by atoms with Crippen molar-refractivity contribution in [2.45, 2.75) is 33.7 Å². The molecule has 2 aliphatic rings. The Labute approximate surface area is 187 Å². The van der Waals surface area contributed by atoms with Crippen molar-refractivity contribution in [1.82, 2.24) is 9.80 Å². The van der Waals surface area contributed by atoms with E-state index >= 15 is 0 Å². The second kappa shape index (κ2) is 10.1. The summed E-state index contributed by atoms with van der Waals surface area (Å²) in [5, 5.41) is 0. The minimum Gasteiger partial charge on any atom is -0.343 e. The highest BCUT2D eigenvalue weighted by Crippen LogP contribution is 2.35. The van der Waals surface area contributed by atoms with Gasteiger partial charge in [-0.3, -0.25) is 4.99 Å². The number of allylic oxidation sites excluding steroid dienone is 7. The molecule has 31 heavy (non-hydrogen) atoms. The molecule has 0 spiro atoms. The predicted octanol–water partition coefficient (Wildman–Crippen LogP) is 6.54. The van der Waals surface area contributed by atoms with Crippen molar-refractivity contribution in [1.29, 1.82) is 0 Å². The number of likely N-dealkylation sites (N-methyl/N-ethyl adjacent to an activating group) is 1. The van der Waals surface area contributed by atoms with Gasteiger partial charge in [0, 0.05) is 42.3 Å². The summed E-state index contributed by atoms with van der Waals surface area (Å²) >= 11 is 0. The van der Waals surface area contributed by atoms with Gasteiger partial charge >= 0.3 is 0 Å². The van der Waals surface area contributed by atoms with Crippen molar-refractivity contribution in [2.24, 2.45) is 4.99 Å². The molecule has 1 aromatic carbocycles. The van der Waals surface area contributed by atoms with Crippen LogP contribution >= 0.6 is 0 Å². The Balaban J connectivity index is 2.09. The summed E-state index contributed by atoms with van der Waals surface area (Å²) in [5.74, 6) is 0. The lowest BCUT2D eigenvalue weighted by atomic mass is 9.94. The Morgan fingerprint density at radius 2 is 2.00 bits per heavy atom. The van der Waals surface area contributed by atoms with E-state index in [-0.39, 0.29) is 0 Å². The Bertz CT molecular complexity index is 1030. The van der Waals surface area contributed by atoms with Crippen LogP contribution in [0.1, 0.15) is 32.8 Å². The molecule has 2 heterocycles. The fourth-order valence-electron chi connectivity index (χ4n) is 4.05. The van der Waals surface area contributed by atoms with Gasteiger partial charge < -0.3 is 9.80 Å². The molecular weight excluding hydrogens is 378 g/mol. The van der Waals surface area contributed by atoms with Gasteiger partial charge in [-0.15, -0.1) is 0 Å². The highest BCUT2D eigenvalue weighted by atomic mass is 15.2. The number of benzene rings is 1. The molecule has 160 valence electrons. The molecule has 0 radical (unpaired) electrons. The van der Waals surface area contributed by atoms with E-state index in [0.29, 0.717) is 0 Å². The summed E-state index contributed by atoms with van der Waals surface area (Å²) in [6.45, 7) is 16.3. The Hall–Kier alpha value is -3.33. The second-order valence-electron chi connectivity index (χ2n) is 7.79. The summed E-state index contributed by atoms with van der Waals surface area (Å²) in [5.41, 5.74) is 9.34. The van der Waals surface area contributed by atoms with Crippen LogP contribution in [0.15, 0.2) is 119 Å². The van der Waals surface area contributed by atoms with Crippen LogP contribution in [0.25, 0.3) is 0 Å². The Morgan fingerprint density at radius 1 is 1.26 bits per heavy atom. The third-order valence-electron chi connectivity index (χ3n) is 5.74. The van der Waals surface area contributed by atoms with Crippen molar-refractivity contribution in [3.63, 3.8) is 0 Å². The molecule has 0 saturated carbocycles. The van der Waals surface area contributed by atoms with Gasteiger partial charge in [-0.25, -0.2) is 0 Å². The zero-order valence-electron chi connectivity index (χ0n) is 19.2. The van der Waals surface area contributed by atoms with Crippen molar-refractivity contribution < 1.29 is 0 Å². The van der Waals surface area contributed by atoms with Gasteiger partial charge in [0.25, 0.3) is 0 Å². The van der Waals surface area contributed by atoms with Gasteiger partial charge in [0.05, 0.1) is 17.9 Å². The largest absolute Gasteiger partial charge is 0.343 e. The van der Waals surface area contributed by atoms with Crippen LogP contribution in [0.4, 0.5) is 0 Å². The van der Waals surface area contributed by atoms with Crippen LogP contribution in [0.3, 0.4) is 0 Å². The van der Waals surface area contributed by atoms with Gasteiger partial charge in [0.15, 0.2) is 0 Å². The molecule has 0 saturated heterocycles. The maximum atomic E-state index is 4.72. The van der Waals surface area contributed by atoms with Crippen molar-refractivity contribution >= 4 is 5.71 Å². The summed E-state index contributed by atoms with van der Waals surface area (Å²) in [6.07, 6.45) is 13.5. The third-order valence-corrected chi connectivity index (χ3v) is 5.74. The molecule has 1 aromatic rings. The van der Waals surface area contributed by atoms with Gasteiger partial charge in [0.1, 0.15) is 0 Å². The molecule has 3 heteroatoms. The molecule has 3 rings (SSSR count). The van der Waals surface area contributed by atoms with Crippen LogP contribution in [-0.2, 0) is 6.54 Å². The van der Waals surface area contributed by atoms with E-state index in [0.717, 1.165) is 42.3 Å². The summed E-state index contributed by atoms with van der Waals surface area (Å²) in [4.78, 5) is 9.16. The predicted molar refractivity (Wildman–Crippen MR) is 133 cm³/mol. The van der Waals surface area contributed by atoms with Crippen LogP contribution in [0.2, 0.25) is 0 Å². The standard InChI is InChI=1S/C28H33N3/c1-7-13-26(14-8-2)30(6)27-17-25(28-21(4)29-18-24(28)9-3)20-31(22(27)5)19-23-15-11-10-12-16-23/h7-8,10-17,20H,1,5,9,18-19H2,2-4,6H3/b14-8-,26-13+. The number of nitrogens with zero attached hydrogens (tertiary/aromatic N) is 3. The van der Waals surface area contributed by atoms with E-state index in [1.807, 2.05) is 25.2 Å². The fraction of sp³-hybridized carbons (Fsp3) is 0.250. The summed E-state index contributed by atoms with van der Waals surface area (Å²) < 4.78 is 0. The van der Waals surface area contributed by atoms with E-state index in [1.165, 1.54) is 22.3 Å². The van der Waals surface area contributed by atoms with Crippen LogP contribution in [-0.4, -0.2) is 29.1 Å². The first-order valence-electron chi connectivity index (χ1n) is 10.9. The molecule has 0 fully saturated rings. The quantitative estimate of drug-likeness (QED) is 0.452. The van der Waals surface area contributed by atoms with Crippen molar-refractivity contribution in [3.8, 4) is 0 Å². The number of rotatable bonds is 8. The van der Waals surface area contributed by atoms with Gasteiger partial charge in [0.2, 0.25) is 0 Å². The molecule has 3 nitrogen and oxygen atoms in total. The highest BCUT2D eigenvalue weighted by Gasteiger charge is 2.26. The molecule has 2 aliphatic heterocycles. The molecule has 0 N–H and O–H groups in total. The van der Waals surface area contributed by atoms with Gasteiger partial charge in [-0.2, -0.15) is 0 Å². The first kappa shape index (κ1) is 22.4. The average molecular weight is 412 g/mol. The van der Waals surface area contributed by atoms with Crippen LogP contribution in [0, 0.1) is 0 Å². The molecule has 0 bridgehead atoms. The minimum atomic E-state index is 0.767. The lowest BCUT2D eigenvalue weighted by Gasteiger charge is -2.35. The molecular formula is C28H33N3. The molecule has 0 unspecified atom stereocenters. The third kappa shape index (κ3) is 4.88. The zero-order valence-corrected chi connectivity index (χ0v) is 19.2.